The van der Waals surface area contributed by atoms with E-state index < -0.39 is 0 Å². The maximum absolute atomic E-state index is 9.09. The van der Waals surface area contributed by atoms with E-state index in [-0.39, 0.29) is 5.57 Å². The normalized spacial score (nSPS) is 10.1. The van der Waals surface area contributed by atoms with Gasteiger partial charge in [-0.1, -0.05) is 97.1 Å². The zero-order chi connectivity index (χ0) is 25.5. The average Bonchev–Trinajstić information content (AvgIpc) is 2.98. The van der Waals surface area contributed by atoms with Crippen molar-refractivity contribution in [2.75, 3.05) is 4.90 Å². The zero-order valence-electron chi connectivity index (χ0n) is 20.1. The molecule has 174 valence electrons. The van der Waals surface area contributed by atoms with Gasteiger partial charge < -0.3 is 4.90 Å². The molecule has 5 aromatic carbocycles. The van der Waals surface area contributed by atoms with Crippen molar-refractivity contribution in [1.82, 2.24) is 0 Å². The highest BCUT2D eigenvalue weighted by atomic mass is 15.1. The quantitative estimate of drug-likeness (QED) is 0.231. The lowest BCUT2D eigenvalue weighted by atomic mass is 10.0. The SMILES string of the molecule is N#CC(C#N)=Cc1ccc(N(c2ccc(-c3ccccc3)cc2)c2ccc(-c3ccccc3)cc2)cc1. The van der Waals surface area contributed by atoms with Gasteiger partial charge in [0.25, 0.3) is 0 Å². The number of nitrogens with zero attached hydrogens (tertiary/aromatic N) is 3. The van der Waals surface area contributed by atoms with E-state index in [9.17, 15) is 0 Å². The molecule has 0 amide bonds. The first-order valence-electron chi connectivity index (χ1n) is 12.0. The monoisotopic (exact) mass is 473 g/mol. The topological polar surface area (TPSA) is 50.8 Å². The van der Waals surface area contributed by atoms with Gasteiger partial charge in [-0.3, -0.25) is 0 Å². The molecule has 0 aliphatic carbocycles. The molecule has 0 saturated heterocycles. The molecule has 3 nitrogen and oxygen atoms in total. The summed E-state index contributed by atoms with van der Waals surface area (Å²) in [5, 5.41) is 18.2. The Labute approximate surface area is 217 Å². The van der Waals surface area contributed by atoms with E-state index in [0.29, 0.717) is 0 Å². The van der Waals surface area contributed by atoms with Crippen LogP contribution in [0.4, 0.5) is 17.1 Å². The zero-order valence-corrected chi connectivity index (χ0v) is 20.1. The van der Waals surface area contributed by atoms with Crippen LogP contribution in [0.1, 0.15) is 5.56 Å². The van der Waals surface area contributed by atoms with Gasteiger partial charge in [0.2, 0.25) is 0 Å². The third kappa shape index (κ3) is 5.33. The number of hydrogen-bond acceptors (Lipinski definition) is 3. The minimum absolute atomic E-state index is 0.0811. The summed E-state index contributed by atoms with van der Waals surface area (Å²) >= 11 is 0. The number of allylic oxidation sites excluding steroid dienone is 1. The second-order valence-electron chi connectivity index (χ2n) is 8.53. The average molecular weight is 474 g/mol. The third-order valence-corrected chi connectivity index (χ3v) is 6.17. The fraction of sp³-hybridized carbons (Fsp3) is 0. The molecule has 0 aliphatic heterocycles. The molecule has 0 unspecified atom stereocenters. The number of nitriles is 2. The molecule has 37 heavy (non-hydrogen) atoms. The second-order valence-corrected chi connectivity index (χ2v) is 8.53. The molecule has 0 aliphatic rings. The second kappa shape index (κ2) is 10.9. The molecule has 0 saturated carbocycles. The van der Waals surface area contributed by atoms with Crippen molar-refractivity contribution >= 4 is 23.1 Å². The molecule has 0 aromatic heterocycles. The van der Waals surface area contributed by atoms with Gasteiger partial charge in [0.15, 0.2) is 0 Å². The first-order valence-corrected chi connectivity index (χ1v) is 12.0. The summed E-state index contributed by atoms with van der Waals surface area (Å²) in [4.78, 5) is 2.20. The lowest BCUT2D eigenvalue weighted by molar-refractivity contribution is 1.28. The van der Waals surface area contributed by atoms with E-state index in [0.717, 1.165) is 33.8 Å². The van der Waals surface area contributed by atoms with Crippen molar-refractivity contribution in [3.8, 4) is 34.4 Å². The lowest BCUT2D eigenvalue weighted by Gasteiger charge is -2.26. The van der Waals surface area contributed by atoms with Crippen LogP contribution < -0.4 is 4.90 Å². The molecule has 3 heteroatoms. The number of hydrogen-bond donors (Lipinski definition) is 0. The Kier molecular flexibility index (Phi) is 6.89. The molecule has 5 aromatic rings. The molecule has 0 atom stereocenters. The molecule has 0 N–H and O–H groups in total. The van der Waals surface area contributed by atoms with Crippen LogP contribution in [-0.4, -0.2) is 0 Å². The molecular formula is C34H23N3. The van der Waals surface area contributed by atoms with Gasteiger partial charge in [-0.2, -0.15) is 10.5 Å². The van der Waals surface area contributed by atoms with Gasteiger partial charge in [-0.05, 0) is 70.3 Å². The summed E-state index contributed by atoms with van der Waals surface area (Å²) in [6.45, 7) is 0. The summed E-state index contributed by atoms with van der Waals surface area (Å²) in [5.74, 6) is 0. The minimum atomic E-state index is 0.0811. The van der Waals surface area contributed by atoms with Gasteiger partial charge in [0.1, 0.15) is 17.7 Å². The highest BCUT2D eigenvalue weighted by Crippen LogP contribution is 2.36. The fourth-order valence-corrected chi connectivity index (χ4v) is 4.29. The molecule has 0 fully saturated rings. The Balaban J connectivity index is 1.54. The Morgan fingerprint density at radius 2 is 0.811 bits per heavy atom. The van der Waals surface area contributed by atoms with Crippen LogP contribution >= 0.6 is 0 Å². The fourth-order valence-electron chi connectivity index (χ4n) is 4.29. The van der Waals surface area contributed by atoms with E-state index in [2.05, 4.69) is 77.7 Å². The van der Waals surface area contributed by atoms with Gasteiger partial charge >= 0.3 is 0 Å². The van der Waals surface area contributed by atoms with Crippen LogP contribution in [0.5, 0.6) is 0 Å². The summed E-state index contributed by atoms with van der Waals surface area (Å²) in [7, 11) is 0. The summed E-state index contributed by atoms with van der Waals surface area (Å²) in [6.07, 6.45) is 1.59. The lowest BCUT2D eigenvalue weighted by Crippen LogP contribution is -2.09. The highest BCUT2D eigenvalue weighted by Gasteiger charge is 2.13. The van der Waals surface area contributed by atoms with Crippen molar-refractivity contribution in [2.45, 2.75) is 0 Å². The largest absolute Gasteiger partial charge is 0.311 e. The van der Waals surface area contributed by atoms with E-state index in [1.165, 1.54) is 11.1 Å². The van der Waals surface area contributed by atoms with Crippen molar-refractivity contribution < 1.29 is 0 Å². The van der Waals surface area contributed by atoms with Crippen molar-refractivity contribution in [3.05, 3.63) is 145 Å². The molecule has 0 heterocycles. The number of benzene rings is 5. The molecule has 5 rings (SSSR count). The molecule has 0 bridgehead atoms. The first-order chi connectivity index (χ1) is 18.2. The van der Waals surface area contributed by atoms with Crippen molar-refractivity contribution in [1.29, 1.82) is 10.5 Å². The minimum Gasteiger partial charge on any atom is -0.311 e. The molecule has 0 spiro atoms. The van der Waals surface area contributed by atoms with Crippen LogP contribution in [0.25, 0.3) is 28.3 Å². The van der Waals surface area contributed by atoms with Crippen LogP contribution in [-0.2, 0) is 0 Å². The van der Waals surface area contributed by atoms with E-state index in [4.69, 9.17) is 10.5 Å². The Hall–Kier alpha value is -5.38. The highest BCUT2D eigenvalue weighted by molar-refractivity contribution is 5.80. The third-order valence-electron chi connectivity index (χ3n) is 6.17. The molecular weight excluding hydrogens is 450 g/mol. The summed E-state index contributed by atoms with van der Waals surface area (Å²) < 4.78 is 0. The number of anilines is 3. The summed E-state index contributed by atoms with van der Waals surface area (Å²) in [6, 6.07) is 49.4. The van der Waals surface area contributed by atoms with Crippen LogP contribution in [0.3, 0.4) is 0 Å². The Morgan fingerprint density at radius 3 is 1.19 bits per heavy atom. The predicted octanol–water partition coefficient (Wildman–Crippen LogP) is 8.92. The van der Waals surface area contributed by atoms with E-state index in [1.54, 1.807) is 6.08 Å². The van der Waals surface area contributed by atoms with E-state index >= 15 is 0 Å². The molecule has 0 radical (unpaired) electrons. The maximum Gasteiger partial charge on any atom is 0.130 e. The maximum atomic E-state index is 9.09. The predicted molar refractivity (Wildman–Crippen MR) is 151 cm³/mol. The Morgan fingerprint density at radius 1 is 0.459 bits per heavy atom. The smallest absolute Gasteiger partial charge is 0.130 e. The standard InChI is InChI=1S/C34H23N3/c35-24-27(25-36)23-26-11-17-32(18-12-26)37(33-19-13-30(14-20-33)28-7-3-1-4-8-28)34-21-15-31(16-22-34)29-9-5-2-6-10-29/h1-23H. The van der Waals surface area contributed by atoms with Gasteiger partial charge in [0, 0.05) is 17.1 Å². The van der Waals surface area contributed by atoms with Crippen LogP contribution in [0.2, 0.25) is 0 Å². The van der Waals surface area contributed by atoms with Crippen LogP contribution in [0.15, 0.2) is 139 Å². The first kappa shape index (κ1) is 23.4. The van der Waals surface area contributed by atoms with Gasteiger partial charge in [0.05, 0.1) is 0 Å². The van der Waals surface area contributed by atoms with Crippen LogP contribution in [0, 0.1) is 22.7 Å². The van der Waals surface area contributed by atoms with Gasteiger partial charge in [-0.25, -0.2) is 0 Å². The summed E-state index contributed by atoms with van der Waals surface area (Å²) in [5.41, 5.74) is 8.60. The van der Waals surface area contributed by atoms with Gasteiger partial charge in [-0.15, -0.1) is 0 Å². The van der Waals surface area contributed by atoms with E-state index in [1.807, 2.05) is 72.8 Å². The van der Waals surface area contributed by atoms with Crippen molar-refractivity contribution in [3.63, 3.8) is 0 Å². The van der Waals surface area contributed by atoms with Crippen molar-refractivity contribution in [2.24, 2.45) is 0 Å². The number of rotatable bonds is 6. The Bertz CT molecular complexity index is 1490.